The Balaban J connectivity index is 2.00. The zero-order chi connectivity index (χ0) is 14.5. The van der Waals surface area contributed by atoms with Crippen LogP contribution in [0.25, 0.3) is 0 Å². The average molecular weight is 283 g/mol. The summed E-state index contributed by atoms with van der Waals surface area (Å²) in [7, 11) is 0. The van der Waals surface area contributed by atoms with Gasteiger partial charge in [-0.05, 0) is 70.1 Å². The standard InChI is InChI=1S/C18H38N2/c1-3-5-7-12-19-15-17-10-9-11-18(14-17)16-20-13-8-6-4-2/h17-20H,3-16H2,1-2H3. The minimum Gasteiger partial charge on any atom is -0.316 e. The van der Waals surface area contributed by atoms with Crippen LogP contribution in [-0.2, 0) is 0 Å². The van der Waals surface area contributed by atoms with Crippen LogP contribution in [0.4, 0.5) is 0 Å². The average Bonchev–Trinajstić information content (AvgIpc) is 2.47. The molecule has 120 valence electrons. The van der Waals surface area contributed by atoms with E-state index in [2.05, 4.69) is 24.5 Å². The molecule has 0 radical (unpaired) electrons. The van der Waals surface area contributed by atoms with Gasteiger partial charge in [-0.1, -0.05) is 46.0 Å². The smallest absolute Gasteiger partial charge is 0.00204 e. The summed E-state index contributed by atoms with van der Waals surface area (Å²) in [6.07, 6.45) is 13.9. The molecular formula is C18H38N2. The first kappa shape index (κ1) is 18.0. The maximum Gasteiger partial charge on any atom is -0.00204 e. The summed E-state index contributed by atoms with van der Waals surface area (Å²) >= 11 is 0. The first-order chi connectivity index (χ1) is 9.86. The van der Waals surface area contributed by atoms with Crippen molar-refractivity contribution < 1.29 is 0 Å². The van der Waals surface area contributed by atoms with E-state index in [0.29, 0.717) is 0 Å². The van der Waals surface area contributed by atoms with E-state index < -0.39 is 0 Å². The summed E-state index contributed by atoms with van der Waals surface area (Å²) in [5.74, 6) is 1.88. The normalized spacial score (nSPS) is 23.1. The Morgan fingerprint density at radius 3 is 1.70 bits per heavy atom. The second-order valence-electron chi connectivity index (χ2n) is 6.72. The van der Waals surface area contributed by atoms with Crippen molar-refractivity contribution in [2.45, 2.75) is 78.1 Å². The number of hydrogen-bond donors (Lipinski definition) is 2. The third-order valence-corrected chi connectivity index (χ3v) is 4.67. The highest BCUT2D eigenvalue weighted by atomic mass is 14.9. The van der Waals surface area contributed by atoms with Crippen LogP contribution in [0.2, 0.25) is 0 Å². The van der Waals surface area contributed by atoms with E-state index in [1.165, 1.54) is 90.4 Å². The molecule has 2 N–H and O–H groups in total. The van der Waals surface area contributed by atoms with Gasteiger partial charge in [0.15, 0.2) is 0 Å². The molecule has 2 unspecified atom stereocenters. The number of nitrogens with one attached hydrogen (secondary N) is 2. The predicted molar refractivity (Wildman–Crippen MR) is 90.2 cm³/mol. The van der Waals surface area contributed by atoms with Gasteiger partial charge in [0.1, 0.15) is 0 Å². The van der Waals surface area contributed by atoms with Crippen LogP contribution in [-0.4, -0.2) is 26.2 Å². The zero-order valence-corrected chi connectivity index (χ0v) is 14.1. The zero-order valence-electron chi connectivity index (χ0n) is 14.1. The molecule has 1 aliphatic carbocycles. The lowest BCUT2D eigenvalue weighted by Gasteiger charge is -2.29. The van der Waals surface area contributed by atoms with Crippen molar-refractivity contribution in [1.29, 1.82) is 0 Å². The van der Waals surface area contributed by atoms with Crippen molar-refractivity contribution in [2.75, 3.05) is 26.2 Å². The van der Waals surface area contributed by atoms with Gasteiger partial charge in [-0.15, -0.1) is 0 Å². The monoisotopic (exact) mass is 282 g/mol. The van der Waals surface area contributed by atoms with Gasteiger partial charge < -0.3 is 10.6 Å². The highest BCUT2D eigenvalue weighted by molar-refractivity contribution is 4.76. The van der Waals surface area contributed by atoms with E-state index >= 15 is 0 Å². The summed E-state index contributed by atoms with van der Waals surface area (Å²) in [5, 5.41) is 7.35. The molecule has 0 aromatic rings. The van der Waals surface area contributed by atoms with Crippen LogP contribution in [0.5, 0.6) is 0 Å². The molecule has 1 saturated carbocycles. The Morgan fingerprint density at radius 2 is 1.25 bits per heavy atom. The summed E-state index contributed by atoms with van der Waals surface area (Å²) in [6.45, 7) is 9.53. The van der Waals surface area contributed by atoms with Crippen LogP contribution in [0.1, 0.15) is 78.1 Å². The first-order valence-electron chi connectivity index (χ1n) is 9.28. The third kappa shape index (κ3) is 8.97. The fraction of sp³-hybridized carbons (Fsp3) is 1.00. The molecule has 20 heavy (non-hydrogen) atoms. The van der Waals surface area contributed by atoms with Crippen LogP contribution < -0.4 is 10.6 Å². The van der Waals surface area contributed by atoms with Crippen molar-refractivity contribution in [3.63, 3.8) is 0 Å². The number of hydrogen-bond acceptors (Lipinski definition) is 2. The van der Waals surface area contributed by atoms with Gasteiger partial charge >= 0.3 is 0 Å². The highest BCUT2D eigenvalue weighted by Gasteiger charge is 2.21. The van der Waals surface area contributed by atoms with Gasteiger partial charge in [-0.25, -0.2) is 0 Å². The fourth-order valence-corrected chi connectivity index (χ4v) is 3.39. The van der Waals surface area contributed by atoms with E-state index in [-0.39, 0.29) is 0 Å². The number of rotatable bonds is 12. The number of unbranched alkanes of at least 4 members (excludes halogenated alkanes) is 4. The minimum atomic E-state index is 0.938. The molecule has 0 heterocycles. The molecule has 0 amide bonds. The van der Waals surface area contributed by atoms with Crippen LogP contribution in [0.3, 0.4) is 0 Å². The predicted octanol–water partition coefficient (Wildman–Crippen LogP) is 4.35. The molecule has 0 bridgehead atoms. The molecule has 2 heteroatoms. The largest absolute Gasteiger partial charge is 0.316 e. The molecule has 2 nitrogen and oxygen atoms in total. The lowest BCUT2D eigenvalue weighted by Crippen LogP contribution is -2.32. The van der Waals surface area contributed by atoms with Crippen molar-refractivity contribution >= 4 is 0 Å². The fourth-order valence-electron chi connectivity index (χ4n) is 3.39. The van der Waals surface area contributed by atoms with Crippen molar-refractivity contribution in [3.8, 4) is 0 Å². The van der Waals surface area contributed by atoms with Gasteiger partial charge in [0.25, 0.3) is 0 Å². The maximum atomic E-state index is 3.67. The van der Waals surface area contributed by atoms with Crippen LogP contribution in [0, 0.1) is 11.8 Å². The Hall–Kier alpha value is -0.0800. The molecule has 1 aliphatic rings. The van der Waals surface area contributed by atoms with E-state index in [0.717, 1.165) is 11.8 Å². The topological polar surface area (TPSA) is 24.1 Å². The van der Waals surface area contributed by atoms with Crippen molar-refractivity contribution in [2.24, 2.45) is 11.8 Å². The summed E-state index contributed by atoms with van der Waals surface area (Å²) in [5.41, 5.74) is 0. The van der Waals surface area contributed by atoms with Gasteiger partial charge in [-0.2, -0.15) is 0 Å². The van der Waals surface area contributed by atoms with E-state index in [1.807, 2.05) is 0 Å². The molecule has 0 spiro atoms. The Kier molecular flexibility index (Phi) is 11.4. The van der Waals surface area contributed by atoms with Gasteiger partial charge in [0, 0.05) is 0 Å². The maximum absolute atomic E-state index is 3.67. The molecule has 0 aromatic carbocycles. The molecular weight excluding hydrogens is 244 g/mol. The lowest BCUT2D eigenvalue weighted by molar-refractivity contribution is 0.253. The highest BCUT2D eigenvalue weighted by Crippen LogP contribution is 2.28. The van der Waals surface area contributed by atoms with Crippen LogP contribution in [0.15, 0.2) is 0 Å². The van der Waals surface area contributed by atoms with E-state index in [9.17, 15) is 0 Å². The van der Waals surface area contributed by atoms with Gasteiger partial charge in [0.05, 0.1) is 0 Å². The Labute approximate surface area is 127 Å². The second kappa shape index (κ2) is 12.6. The molecule has 1 rings (SSSR count). The molecule has 0 saturated heterocycles. The molecule has 2 atom stereocenters. The SMILES string of the molecule is CCCCCNCC1CCCC(CNCCCCC)C1. The summed E-state index contributed by atoms with van der Waals surface area (Å²) < 4.78 is 0. The lowest BCUT2D eigenvalue weighted by atomic mass is 9.81. The van der Waals surface area contributed by atoms with Crippen molar-refractivity contribution in [1.82, 2.24) is 10.6 Å². The molecule has 1 fully saturated rings. The van der Waals surface area contributed by atoms with E-state index in [4.69, 9.17) is 0 Å². The molecule has 0 aromatic heterocycles. The van der Waals surface area contributed by atoms with E-state index in [1.54, 1.807) is 0 Å². The second-order valence-corrected chi connectivity index (χ2v) is 6.72. The summed E-state index contributed by atoms with van der Waals surface area (Å²) in [4.78, 5) is 0. The summed E-state index contributed by atoms with van der Waals surface area (Å²) in [6, 6.07) is 0. The van der Waals surface area contributed by atoms with Gasteiger partial charge in [0.2, 0.25) is 0 Å². The Bertz CT molecular complexity index is 186. The quantitative estimate of drug-likeness (QED) is 0.520. The first-order valence-corrected chi connectivity index (χ1v) is 9.28. The third-order valence-electron chi connectivity index (χ3n) is 4.67. The molecule has 0 aliphatic heterocycles. The Morgan fingerprint density at radius 1 is 0.750 bits per heavy atom. The van der Waals surface area contributed by atoms with Crippen LogP contribution >= 0.6 is 0 Å². The minimum absolute atomic E-state index is 0.938. The van der Waals surface area contributed by atoms with Gasteiger partial charge in [-0.3, -0.25) is 0 Å². The van der Waals surface area contributed by atoms with Crippen molar-refractivity contribution in [3.05, 3.63) is 0 Å².